The van der Waals surface area contributed by atoms with E-state index in [1.165, 1.54) is 12.1 Å². The van der Waals surface area contributed by atoms with Crippen LogP contribution in [0.15, 0.2) is 18.2 Å². The van der Waals surface area contributed by atoms with Gasteiger partial charge in [0.2, 0.25) is 0 Å². The van der Waals surface area contributed by atoms with E-state index in [1.807, 2.05) is 6.92 Å². The summed E-state index contributed by atoms with van der Waals surface area (Å²) < 4.78 is 13.2. The number of nitrogens with one attached hydrogen (secondary N) is 1. The molecule has 0 saturated carbocycles. The molecular formula is C12H13ClFN. The molecule has 1 aromatic carbocycles. The number of hydrogen-bond acceptors (Lipinski definition) is 1. The van der Waals surface area contributed by atoms with E-state index in [0.29, 0.717) is 0 Å². The lowest BCUT2D eigenvalue weighted by molar-refractivity contribution is 0.604. The lowest BCUT2D eigenvalue weighted by Gasteiger charge is -2.12. The molecule has 3 heteroatoms. The Hall–Kier alpha value is -1.04. The Morgan fingerprint density at radius 3 is 2.87 bits per heavy atom. The molecule has 0 aromatic heterocycles. The Balaban J connectivity index is 2.84. The van der Waals surface area contributed by atoms with Crippen molar-refractivity contribution in [2.24, 2.45) is 0 Å². The molecule has 1 rings (SSSR count). The molecule has 1 unspecified atom stereocenters. The topological polar surface area (TPSA) is 12.0 Å². The monoisotopic (exact) mass is 225 g/mol. The Labute approximate surface area is 94.6 Å². The summed E-state index contributed by atoms with van der Waals surface area (Å²) in [4.78, 5) is 0. The van der Waals surface area contributed by atoms with E-state index in [0.717, 1.165) is 18.5 Å². The molecule has 0 radical (unpaired) electrons. The zero-order valence-corrected chi connectivity index (χ0v) is 9.31. The molecule has 0 heterocycles. The molecule has 0 aliphatic rings. The minimum atomic E-state index is -0.437. The molecule has 1 N–H and O–H groups in total. The van der Waals surface area contributed by atoms with Gasteiger partial charge < -0.3 is 5.32 Å². The summed E-state index contributed by atoms with van der Waals surface area (Å²) in [7, 11) is 0. The fourth-order valence-electron chi connectivity index (χ4n) is 1.25. The van der Waals surface area contributed by atoms with Crippen LogP contribution in [0.4, 0.5) is 4.39 Å². The van der Waals surface area contributed by atoms with E-state index in [2.05, 4.69) is 11.2 Å². The molecule has 0 spiro atoms. The second-order valence-electron chi connectivity index (χ2n) is 3.23. The maximum Gasteiger partial charge on any atom is 0.142 e. The van der Waals surface area contributed by atoms with Crippen molar-refractivity contribution in [3.8, 4) is 12.3 Å². The van der Waals surface area contributed by atoms with Gasteiger partial charge in [-0.1, -0.05) is 30.5 Å². The summed E-state index contributed by atoms with van der Waals surface area (Å²) in [6.07, 6.45) is 6.35. The highest BCUT2D eigenvalue weighted by molar-refractivity contribution is 6.30. The zero-order valence-electron chi connectivity index (χ0n) is 8.56. The number of rotatable bonds is 4. The lowest BCUT2D eigenvalue weighted by atomic mass is 10.1. The third-order valence-corrected chi connectivity index (χ3v) is 2.35. The molecule has 0 bridgehead atoms. The first-order valence-electron chi connectivity index (χ1n) is 4.83. The van der Waals surface area contributed by atoms with E-state index in [4.69, 9.17) is 18.0 Å². The molecule has 0 fully saturated rings. The van der Waals surface area contributed by atoms with Crippen LogP contribution in [0.3, 0.4) is 0 Å². The van der Waals surface area contributed by atoms with Crippen molar-refractivity contribution in [1.29, 1.82) is 0 Å². The third-order valence-electron chi connectivity index (χ3n) is 2.04. The number of halogens is 2. The Bertz CT molecular complexity index is 370. The quantitative estimate of drug-likeness (QED) is 0.777. The van der Waals surface area contributed by atoms with Crippen molar-refractivity contribution in [2.45, 2.75) is 19.4 Å². The van der Waals surface area contributed by atoms with Gasteiger partial charge in [-0.3, -0.25) is 0 Å². The van der Waals surface area contributed by atoms with Gasteiger partial charge in [0.05, 0.1) is 11.1 Å². The van der Waals surface area contributed by atoms with Crippen LogP contribution in [0.5, 0.6) is 0 Å². The third kappa shape index (κ3) is 3.23. The highest BCUT2D eigenvalue weighted by Gasteiger charge is 2.09. The van der Waals surface area contributed by atoms with Crippen LogP contribution in [-0.4, -0.2) is 6.54 Å². The van der Waals surface area contributed by atoms with Crippen LogP contribution in [0.1, 0.15) is 24.9 Å². The molecule has 15 heavy (non-hydrogen) atoms. The first-order chi connectivity index (χ1) is 7.19. The molecule has 0 aliphatic carbocycles. The van der Waals surface area contributed by atoms with Crippen LogP contribution >= 0.6 is 11.6 Å². The van der Waals surface area contributed by atoms with Gasteiger partial charge in [-0.05, 0) is 30.7 Å². The second kappa shape index (κ2) is 5.75. The zero-order chi connectivity index (χ0) is 11.3. The van der Waals surface area contributed by atoms with Gasteiger partial charge >= 0.3 is 0 Å². The van der Waals surface area contributed by atoms with Gasteiger partial charge in [0, 0.05) is 0 Å². The summed E-state index contributed by atoms with van der Waals surface area (Å²) in [5, 5.41) is 3.25. The fourth-order valence-corrected chi connectivity index (χ4v) is 1.37. The summed E-state index contributed by atoms with van der Waals surface area (Å²) in [5.41, 5.74) is 0.729. The lowest BCUT2D eigenvalue weighted by Crippen LogP contribution is -2.20. The molecule has 1 nitrogen and oxygen atoms in total. The number of terminal acetylenes is 1. The molecule has 0 aliphatic heterocycles. The van der Waals surface area contributed by atoms with Crippen LogP contribution < -0.4 is 5.32 Å². The maximum absolute atomic E-state index is 13.2. The smallest absolute Gasteiger partial charge is 0.142 e. The SMILES string of the molecule is C#CC(NCCC)c1ccc(Cl)c(F)c1. The van der Waals surface area contributed by atoms with E-state index in [1.54, 1.807) is 6.07 Å². The van der Waals surface area contributed by atoms with E-state index in [-0.39, 0.29) is 11.1 Å². The molecule has 0 amide bonds. The van der Waals surface area contributed by atoms with Crippen molar-refractivity contribution < 1.29 is 4.39 Å². The number of benzene rings is 1. The largest absolute Gasteiger partial charge is 0.300 e. The van der Waals surface area contributed by atoms with Crippen LogP contribution in [0.25, 0.3) is 0 Å². The van der Waals surface area contributed by atoms with Gasteiger partial charge in [-0.2, -0.15) is 0 Å². The Kier molecular flexibility index (Phi) is 4.61. The molecular weight excluding hydrogens is 213 g/mol. The fraction of sp³-hybridized carbons (Fsp3) is 0.333. The maximum atomic E-state index is 13.2. The minimum absolute atomic E-state index is 0.116. The summed E-state index contributed by atoms with van der Waals surface area (Å²) in [6.45, 7) is 2.85. The van der Waals surface area contributed by atoms with Crippen LogP contribution in [-0.2, 0) is 0 Å². The van der Waals surface area contributed by atoms with Crippen LogP contribution in [0, 0.1) is 18.2 Å². The van der Waals surface area contributed by atoms with Gasteiger partial charge in [0.1, 0.15) is 5.82 Å². The first-order valence-corrected chi connectivity index (χ1v) is 5.21. The second-order valence-corrected chi connectivity index (χ2v) is 3.63. The molecule has 1 atom stereocenters. The van der Waals surface area contributed by atoms with E-state index >= 15 is 0 Å². The average Bonchev–Trinajstić information content (AvgIpc) is 2.24. The van der Waals surface area contributed by atoms with Crippen molar-refractivity contribution in [3.63, 3.8) is 0 Å². The standard InChI is InChI=1S/C12H13ClFN/c1-3-7-15-12(4-2)9-5-6-10(13)11(14)8-9/h2,5-6,8,12,15H,3,7H2,1H3. The van der Waals surface area contributed by atoms with Crippen molar-refractivity contribution >= 4 is 11.6 Å². The summed E-state index contributed by atoms with van der Waals surface area (Å²) in [5.74, 6) is 2.14. The molecule has 1 aromatic rings. The summed E-state index contributed by atoms with van der Waals surface area (Å²) in [6, 6.07) is 4.37. The van der Waals surface area contributed by atoms with E-state index < -0.39 is 5.82 Å². The predicted molar refractivity (Wildman–Crippen MR) is 61.3 cm³/mol. The number of hydrogen-bond donors (Lipinski definition) is 1. The highest BCUT2D eigenvalue weighted by atomic mass is 35.5. The van der Waals surface area contributed by atoms with Gasteiger partial charge in [0.25, 0.3) is 0 Å². The average molecular weight is 226 g/mol. The normalized spacial score (nSPS) is 12.1. The highest BCUT2D eigenvalue weighted by Crippen LogP contribution is 2.19. The molecule has 0 saturated heterocycles. The van der Waals surface area contributed by atoms with Crippen molar-refractivity contribution in [3.05, 3.63) is 34.6 Å². The van der Waals surface area contributed by atoms with Gasteiger partial charge in [-0.25, -0.2) is 4.39 Å². The Morgan fingerprint density at radius 1 is 1.60 bits per heavy atom. The van der Waals surface area contributed by atoms with E-state index in [9.17, 15) is 4.39 Å². The van der Waals surface area contributed by atoms with Crippen molar-refractivity contribution in [2.75, 3.05) is 6.54 Å². The van der Waals surface area contributed by atoms with Gasteiger partial charge in [-0.15, -0.1) is 6.42 Å². The Morgan fingerprint density at radius 2 is 2.33 bits per heavy atom. The van der Waals surface area contributed by atoms with Crippen LogP contribution in [0.2, 0.25) is 5.02 Å². The molecule has 80 valence electrons. The minimum Gasteiger partial charge on any atom is -0.300 e. The predicted octanol–water partition coefficient (Wildman–Crippen LogP) is 3.15. The van der Waals surface area contributed by atoms with Gasteiger partial charge in [0.15, 0.2) is 0 Å². The first kappa shape index (κ1) is 12.0. The summed E-state index contributed by atoms with van der Waals surface area (Å²) >= 11 is 5.59. The van der Waals surface area contributed by atoms with Crippen molar-refractivity contribution in [1.82, 2.24) is 5.32 Å².